The molecule has 2 heterocycles. The molecule has 102 valence electrons. The Kier molecular flexibility index (Phi) is 3.79. The number of anilines is 1. The van der Waals surface area contributed by atoms with E-state index in [2.05, 4.69) is 15.0 Å². The molecule has 1 aromatic rings. The van der Waals surface area contributed by atoms with E-state index in [1.807, 2.05) is 4.90 Å². The molecular weight excluding hydrogens is 252 g/mol. The molecule has 1 aliphatic heterocycles. The van der Waals surface area contributed by atoms with E-state index in [1.54, 1.807) is 6.07 Å². The zero-order valence-electron chi connectivity index (χ0n) is 10.4. The number of alkyl carbamates (subject to hydrolysis) is 1. The third-order valence-corrected chi connectivity index (χ3v) is 3.01. The smallest absolute Gasteiger partial charge is 0.407 e. The van der Waals surface area contributed by atoms with Gasteiger partial charge in [-0.25, -0.2) is 4.79 Å². The minimum absolute atomic E-state index is 0.0266. The molecule has 19 heavy (non-hydrogen) atoms. The summed E-state index contributed by atoms with van der Waals surface area (Å²) in [7, 11) is 1.30. The highest BCUT2D eigenvalue weighted by atomic mass is 16.6. The average Bonchev–Trinajstić information content (AvgIpc) is 2.86. The monoisotopic (exact) mass is 266 g/mol. The van der Waals surface area contributed by atoms with Gasteiger partial charge >= 0.3 is 11.8 Å². The number of carbonyl (C=O) groups is 1. The van der Waals surface area contributed by atoms with Crippen molar-refractivity contribution < 1.29 is 14.5 Å². The summed E-state index contributed by atoms with van der Waals surface area (Å²) >= 11 is 0. The molecule has 1 amide bonds. The molecule has 1 fully saturated rings. The number of ether oxygens (including phenoxy) is 1. The summed E-state index contributed by atoms with van der Waals surface area (Å²) in [6.45, 7) is 1.15. The van der Waals surface area contributed by atoms with Gasteiger partial charge in [0.15, 0.2) is 0 Å². The van der Waals surface area contributed by atoms with Crippen LogP contribution in [0.1, 0.15) is 6.42 Å². The van der Waals surface area contributed by atoms with Gasteiger partial charge in [-0.15, -0.1) is 0 Å². The highest BCUT2D eigenvalue weighted by Gasteiger charge is 2.28. The molecule has 0 radical (unpaired) electrons. The first-order valence-electron chi connectivity index (χ1n) is 5.79. The molecule has 1 aliphatic rings. The van der Waals surface area contributed by atoms with Crippen LogP contribution in [-0.2, 0) is 4.74 Å². The fourth-order valence-electron chi connectivity index (χ4n) is 2.11. The van der Waals surface area contributed by atoms with Crippen LogP contribution in [0.4, 0.5) is 16.2 Å². The normalized spacial score (nSPS) is 18.2. The van der Waals surface area contributed by atoms with Crippen molar-refractivity contribution in [2.75, 3.05) is 25.1 Å². The van der Waals surface area contributed by atoms with Crippen LogP contribution < -0.4 is 10.2 Å². The van der Waals surface area contributed by atoms with Gasteiger partial charge in [-0.1, -0.05) is 0 Å². The predicted octanol–water partition coefficient (Wildman–Crippen LogP) is 0.924. The second-order valence-electron chi connectivity index (χ2n) is 4.19. The molecule has 0 saturated carbocycles. The summed E-state index contributed by atoms with van der Waals surface area (Å²) in [5.74, 6) is 0. The third kappa shape index (κ3) is 2.90. The summed E-state index contributed by atoms with van der Waals surface area (Å²) in [6, 6.07) is 1.54. The number of hydrogen-bond acceptors (Lipinski definition) is 6. The van der Waals surface area contributed by atoms with Crippen molar-refractivity contribution >= 4 is 17.5 Å². The summed E-state index contributed by atoms with van der Waals surface area (Å²) in [6.07, 6.45) is 2.98. The van der Waals surface area contributed by atoms with Gasteiger partial charge in [0.1, 0.15) is 11.9 Å². The van der Waals surface area contributed by atoms with Crippen LogP contribution in [0.25, 0.3) is 0 Å². The maximum absolute atomic E-state index is 11.1. The molecule has 1 unspecified atom stereocenters. The van der Waals surface area contributed by atoms with Crippen LogP contribution in [0, 0.1) is 10.1 Å². The highest BCUT2D eigenvalue weighted by molar-refractivity contribution is 5.68. The molecule has 8 heteroatoms. The Morgan fingerprint density at radius 1 is 1.68 bits per heavy atom. The predicted molar refractivity (Wildman–Crippen MR) is 67.1 cm³/mol. The number of amides is 1. The van der Waals surface area contributed by atoms with Crippen LogP contribution in [0.2, 0.25) is 0 Å². The highest BCUT2D eigenvalue weighted by Crippen LogP contribution is 2.29. The lowest BCUT2D eigenvalue weighted by Crippen LogP contribution is -2.37. The number of nitrogens with one attached hydrogen (secondary N) is 1. The molecule has 0 bridgehead atoms. The maximum atomic E-state index is 11.1. The van der Waals surface area contributed by atoms with Crippen molar-refractivity contribution in [2.24, 2.45) is 0 Å². The Balaban J connectivity index is 2.09. The Labute approximate surface area is 109 Å². The van der Waals surface area contributed by atoms with Crippen molar-refractivity contribution in [3.8, 4) is 0 Å². The van der Waals surface area contributed by atoms with Crippen LogP contribution in [0.5, 0.6) is 0 Å². The van der Waals surface area contributed by atoms with E-state index in [4.69, 9.17) is 0 Å². The molecule has 0 aromatic carbocycles. The van der Waals surface area contributed by atoms with Gasteiger partial charge in [-0.05, 0) is 12.5 Å². The lowest BCUT2D eigenvalue weighted by Gasteiger charge is -2.18. The van der Waals surface area contributed by atoms with Crippen LogP contribution in [-0.4, -0.2) is 42.2 Å². The number of methoxy groups -OCH3 is 1. The van der Waals surface area contributed by atoms with E-state index in [-0.39, 0.29) is 11.7 Å². The van der Waals surface area contributed by atoms with Gasteiger partial charge in [0.2, 0.25) is 0 Å². The molecule has 1 atom stereocenters. The number of hydrogen-bond donors (Lipinski definition) is 1. The first-order chi connectivity index (χ1) is 9.11. The topological polar surface area (TPSA) is 97.6 Å². The summed E-state index contributed by atoms with van der Waals surface area (Å²) in [5, 5.41) is 13.6. The van der Waals surface area contributed by atoms with Gasteiger partial charge < -0.3 is 15.0 Å². The second-order valence-corrected chi connectivity index (χ2v) is 4.19. The summed E-state index contributed by atoms with van der Waals surface area (Å²) in [5.41, 5.74) is 0.496. The third-order valence-electron chi connectivity index (χ3n) is 3.01. The number of carbonyl (C=O) groups excluding carboxylic acids is 1. The van der Waals surface area contributed by atoms with Gasteiger partial charge in [0, 0.05) is 19.3 Å². The standard InChI is InChI=1S/C11H14N4O4/c1-19-11(16)13-8-3-5-14(7-8)9-2-4-12-6-10(9)15(17)18/h2,4,6,8H,3,5,7H2,1H3,(H,13,16). The molecule has 0 aliphatic carbocycles. The fourth-order valence-corrected chi connectivity index (χ4v) is 2.11. The van der Waals surface area contributed by atoms with Crippen molar-refractivity contribution in [1.82, 2.24) is 10.3 Å². The van der Waals surface area contributed by atoms with Crippen molar-refractivity contribution in [3.63, 3.8) is 0 Å². The maximum Gasteiger partial charge on any atom is 0.407 e. The molecule has 1 aromatic heterocycles. The van der Waals surface area contributed by atoms with E-state index in [0.717, 1.165) is 0 Å². The zero-order chi connectivity index (χ0) is 13.8. The SMILES string of the molecule is COC(=O)NC1CCN(c2ccncc2[N+](=O)[O-])C1. The molecule has 1 saturated heterocycles. The van der Waals surface area contributed by atoms with E-state index in [9.17, 15) is 14.9 Å². The van der Waals surface area contributed by atoms with Crippen molar-refractivity contribution in [2.45, 2.75) is 12.5 Å². The van der Waals surface area contributed by atoms with Gasteiger partial charge in [-0.2, -0.15) is 0 Å². The van der Waals surface area contributed by atoms with Crippen LogP contribution >= 0.6 is 0 Å². The number of nitro groups is 1. The largest absolute Gasteiger partial charge is 0.453 e. The van der Waals surface area contributed by atoms with E-state index in [0.29, 0.717) is 25.2 Å². The molecule has 1 N–H and O–H groups in total. The quantitative estimate of drug-likeness (QED) is 0.645. The number of pyridine rings is 1. The van der Waals surface area contributed by atoms with Crippen LogP contribution in [0.15, 0.2) is 18.5 Å². The fraction of sp³-hybridized carbons (Fsp3) is 0.455. The van der Waals surface area contributed by atoms with E-state index < -0.39 is 11.0 Å². The van der Waals surface area contributed by atoms with Crippen molar-refractivity contribution in [3.05, 3.63) is 28.6 Å². The first kappa shape index (κ1) is 13.1. The Morgan fingerprint density at radius 2 is 2.47 bits per heavy atom. The minimum Gasteiger partial charge on any atom is -0.453 e. The summed E-state index contributed by atoms with van der Waals surface area (Å²) < 4.78 is 4.53. The first-order valence-corrected chi connectivity index (χ1v) is 5.79. The average molecular weight is 266 g/mol. The molecule has 0 spiro atoms. The van der Waals surface area contributed by atoms with E-state index >= 15 is 0 Å². The van der Waals surface area contributed by atoms with Gasteiger partial charge in [-0.3, -0.25) is 15.1 Å². The number of rotatable bonds is 3. The Bertz CT molecular complexity index is 493. The lowest BCUT2D eigenvalue weighted by molar-refractivity contribution is -0.384. The zero-order valence-corrected chi connectivity index (χ0v) is 10.4. The van der Waals surface area contributed by atoms with Gasteiger partial charge in [0.05, 0.1) is 18.1 Å². The summed E-state index contributed by atoms with van der Waals surface area (Å²) in [4.78, 5) is 27.2. The second kappa shape index (κ2) is 5.51. The van der Waals surface area contributed by atoms with Gasteiger partial charge in [0.25, 0.3) is 0 Å². The number of aromatic nitrogens is 1. The minimum atomic E-state index is -0.490. The Morgan fingerprint density at radius 3 is 3.16 bits per heavy atom. The molecule has 8 nitrogen and oxygen atoms in total. The van der Waals surface area contributed by atoms with Crippen LogP contribution in [0.3, 0.4) is 0 Å². The lowest BCUT2D eigenvalue weighted by atomic mass is 10.3. The van der Waals surface area contributed by atoms with Crippen molar-refractivity contribution in [1.29, 1.82) is 0 Å². The Hall–Kier alpha value is -2.38. The molecule has 2 rings (SSSR count). The number of nitrogens with zero attached hydrogens (tertiary/aromatic N) is 3. The van der Waals surface area contributed by atoms with E-state index in [1.165, 1.54) is 19.5 Å². The molecular formula is C11H14N4O4.